The SMILES string of the molecule is Cn1cnc(COc2cc(N3CCN(CCn4c(=O)n(C)c5c4nc(N)n4nc(-c6ccco6)cc54)CC3)c(F)cc2F)n1. The highest BCUT2D eigenvalue weighted by molar-refractivity contribution is 5.91. The van der Waals surface area contributed by atoms with Gasteiger partial charge in [-0.3, -0.25) is 18.7 Å². The van der Waals surface area contributed by atoms with Crippen LogP contribution in [-0.4, -0.2) is 76.1 Å². The molecule has 0 amide bonds. The van der Waals surface area contributed by atoms with Gasteiger partial charge in [0.1, 0.15) is 30.0 Å². The molecule has 1 saturated heterocycles. The predicted molar refractivity (Wildman–Crippen MR) is 156 cm³/mol. The van der Waals surface area contributed by atoms with E-state index >= 15 is 0 Å². The van der Waals surface area contributed by atoms with E-state index in [4.69, 9.17) is 14.9 Å². The summed E-state index contributed by atoms with van der Waals surface area (Å²) in [6.45, 7) is 3.13. The number of piperazine rings is 1. The highest BCUT2D eigenvalue weighted by Gasteiger charge is 2.24. The van der Waals surface area contributed by atoms with Crippen LogP contribution in [0.3, 0.4) is 0 Å². The fourth-order valence-corrected chi connectivity index (χ4v) is 5.59. The predicted octanol–water partition coefficient (Wildman–Crippen LogP) is 2.03. The molecule has 1 aliphatic heterocycles. The van der Waals surface area contributed by atoms with E-state index in [2.05, 4.69) is 25.1 Å². The molecular formula is C28H29F2N11O3. The fraction of sp³-hybridized carbons (Fsp3) is 0.321. The molecule has 7 rings (SSSR count). The molecule has 1 aromatic carbocycles. The molecule has 44 heavy (non-hydrogen) atoms. The summed E-state index contributed by atoms with van der Waals surface area (Å²) < 4.78 is 46.5. The number of imidazole rings is 1. The maximum absolute atomic E-state index is 14.8. The molecule has 0 aliphatic carbocycles. The minimum atomic E-state index is -0.791. The number of anilines is 2. The van der Waals surface area contributed by atoms with Crippen LogP contribution in [0, 0.1) is 11.6 Å². The Hall–Kier alpha value is -5.25. The normalized spacial score (nSPS) is 14.3. The molecule has 1 aliphatic rings. The van der Waals surface area contributed by atoms with Crippen LogP contribution in [0.1, 0.15) is 5.82 Å². The summed E-state index contributed by atoms with van der Waals surface area (Å²) >= 11 is 0. The molecule has 0 spiro atoms. The smallest absolute Gasteiger partial charge is 0.330 e. The summed E-state index contributed by atoms with van der Waals surface area (Å²) in [6, 6.07) is 7.61. The lowest BCUT2D eigenvalue weighted by atomic mass is 10.2. The zero-order valence-corrected chi connectivity index (χ0v) is 24.0. The molecule has 6 heterocycles. The van der Waals surface area contributed by atoms with Gasteiger partial charge in [-0.2, -0.15) is 19.7 Å². The molecule has 0 radical (unpaired) electrons. The van der Waals surface area contributed by atoms with Crippen LogP contribution in [0.5, 0.6) is 5.75 Å². The van der Waals surface area contributed by atoms with Crippen molar-refractivity contribution in [3.8, 4) is 17.2 Å². The van der Waals surface area contributed by atoms with E-state index in [0.29, 0.717) is 73.2 Å². The summed E-state index contributed by atoms with van der Waals surface area (Å²) in [5.74, 6) is -0.396. The highest BCUT2D eigenvalue weighted by Crippen LogP contribution is 2.30. The Morgan fingerprint density at radius 1 is 1.05 bits per heavy atom. The van der Waals surface area contributed by atoms with Crippen molar-refractivity contribution in [2.24, 2.45) is 14.1 Å². The lowest BCUT2D eigenvalue weighted by Crippen LogP contribution is -2.47. The van der Waals surface area contributed by atoms with Gasteiger partial charge in [-0.25, -0.2) is 18.6 Å². The quantitative estimate of drug-likeness (QED) is 0.274. The van der Waals surface area contributed by atoms with E-state index in [9.17, 15) is 13.6 Å². The molecule has 2 N–H and O–H groups in total. The average molecular weight is 606 g/mol. The number of halogens is 2. The molecule has 6 aromatic rings. The van der Waals surface area contributed by atoms with Crippen molar-refractivity contribution in [1.82, 2.24) is 43.4 Å². The van der Waals surface area contributed by atoms with E-state index in [1.165, 1.54) is 21.6 Å². The van der Waals surface area contributed by atoms with Crippen molar-refractivity contribution in [3.05, 3.63) is 70.9 Å². The van der Waals surface area contributed by atoms with Crippen LogP contribution in [0.4, 0.5) is 20.4 Å². The van der Waals surface area contributed by atoms with Crippen molar-refractivity contribution in [2.45, 2.75) is 13.2 Å². The zero-order valence-electron chi connectivity index (χ0n) is 24.0. The van der Waals surface area contributed by atoms with Crippen molar-refractivity contribution in [2.75, 3.05) is 43.4 Å². The molecule has 16 heteroatoms. The Labute approximate surface area is 248 Å². The highest BCUT2D eigenvalue weighted by atomic mass is 19.1. The van der Waals surface area contributed by atoms with Gasteiger partial charge in [0.05, 0.1) is 17.5 Å². The third kappa shape index (κ3) is 4.82. The minimum Gasteiger partial charge on any atom is -0.482 e. The second-order valence-electron chi connectivity index (χ2n) is 10.6. The van der Waals surface area contributed by atoms with E-state index in [1.807, 2.05) is 11.0 Å². The standard InChI is InChI=1S/C28H29F2N11O3/c1-36-16-32-24(35-36)15-44-23-14-20(17(29)12-18(23)30)39-8-5-38(6-9-39)7-10-40-26-25(37(2)28(40)42)21-13-19(22-4-3-11-43-22)34-41(21)27(31)33-26/h3-4,11-14,16H,5-10,15H2,1-2H3,(H2,31,33). The zero-order chi connectivity index (χ0) is 30.5. The van der Waals surface area contributed by atoms with E-state index in [-0.39, 0.29) is 29.7 Å². The van der Waals surface area contributed by atoms with Crippen LogP contribution in [0.2, 0.25) is 0 Å². The number of hydrogen-bond donors (Lipinski definition) is 1. The second kappa shape index (κ2) is 10.8. The summed E-state index contributed by atoms with van der Waals surface area (Å²) in [5, 5.41) is 8.63. The number of fused-ring (bicyclic) bond motifs is 3. The van der Waals surface area contributed by atoms with Crippen molar-refractivity contribution < 1.29 is 17.9 Å². The number of nitrogen functional groups attached to an aromatic ring is 1. The number of benzene rings is 1. The summed E-state index contributed by atoms with van der Waals surface area (Å²) in [5.41, 5.74) is 8.60. The van der Waals surface area contributed by atoms with Gasteiger partial charge in [-0.1, -0.05) is 0 Å². The third-order valence-corrected chi connectivity index (χ3v) is 7.84. The fourth-order valence-electron chi connectivity index (χ4n) is 5.59. The summed E-state index contributed by atoms with van der Waals surface area (Å²) in [6.07, 6.45) is 3.08. The minimum absolute atomic E-state index is 0.0393. The Bertz CT molecular complexity index is 2040. The first-order valence-electron chi connectivity index (χ1n) is 14.0. The number of furan rings is 1. The van der Waals surface area contributed by atoms with Crippen LogP contribution in [0.15, 0.2) is 52.1 Å². The van der Waals surface area contributed by atoms with Gasteiger partial charge in [-0.05, 0) is 18.2 Å². The topological polar surface area (TPSA) is 143 Å². The number of aryl methyl sites for hydroxylation is 2. The Balaban J connectivity index is 1.05. The maximum atomic E-state index is 14.8. The molecule has 0 saturated carbocycles. The van der Waals surface area contributed by atoms with Crippen LogP contribution in [-0.2, 0) is 27.2 Å². The molecule has 1 fully saturated rings. The molecule has 14 nitrogen and oxygen atoms in total. The van der Waals surface area contributed by atoms with Crippen molar-refractivity contribution >= 4 is 28.3 Å². The molecular weight excluding hydrogens is 576 g/mol. The number of aromatic nitrogens is 8. The van der Waals surface area contributed by atoms with E-state index in [0.717, 1.165) is 6.07 Å². The first kappa shape index (κ1) is 27.6. The lowest BCUT2D eigenvalue weighted by Gasteiger charge is -2.36. The van der Waals surface area contributed by atoms with Gasteiger partial charge in [0.2, 0.25) is 5.95 Å². The third-order valence-electron chi connectivity index (χ3n) is 7.84. The van der Waals surface area contributed by atoms with Crippen LogP contribution < -0.4 is 21.1 Å². The molecule has 0 atom stereocenters. The van der Waals surface area contributed by atoms with E-state index in [1.54, 1.807) is 41.6 Å². The summed E-state index contributed by atoms with van der Waals surface area (Å²) in [4.78, 5) is 25.9. The van der Waals surface area contributed by atoms with Crippen molar-refractivity contribution in [1.29, 1.82) is 0 Å². The maximum Gasteiger partial charge on any atom is 0.330 e. The number of ether oxygens (including phenoxy) is 1. The second-order valence-corrected chi connectivity index (χ2v) is 10.6. The number of nitrogens with zero attached hydrogens (tertiary/aromatic N) is 10. The van der Waals surface area contributed by atoms with Gasteiger partial charge in [0, 0.05) is 65.5 Å². The van der Waals surface area contributed by atoms with Gasteiger partial charge < -0.3 is 19.8 Å². The number of hydrogen-bond acceptors (Lipinski definition) is 10. The lowest BCUT2D eigenvalue weighted by molar-refractivity contribution is 0.246. The van der Waals surface area contributed by atoms with Crippen LogP contribution >= 0.6 is 0 Å². The Kier molecular flexibility index (Phi) is 6.76. The largest absolute Gasteiger partial charge is 0.482 e. The van der Waals surface area contributed by atoms with Gasteiger partial charge in [0.15, 0.2) is 28.8 Å². The number of rotatable bonds is 8. The van der Waals surface area contributed by atoms with Crippen molar-refractivity contribution in [3.63, 3.8) is 0 Å². The van der Waals surface area contributed by atoms with Gasteiger partial charge in [0.25, 0.3) is 0 Å². The van der Waals surface area contributed by atoms with Crippen LogP contribution in [0.25, 0.3) is 28.1 Å². The first-order chi connectivity index (χ1) is 21.3. The van der Waals surface area contributed by atoms with Gasteiger partial charge in [-0.15, -0.1) is 0 Å². The monoisotopic (exact) mass is 605 g/mol. The molecule has 5 aromatic heterocycles. The first-order valence-corrected chi connectivity index (χ1v) is 14.0. The molecule has 228 valence electrons. The Morgan fingerprint density at radius 2 is 1.86 bits per heavy atom. The molecule has 0 bridgehead atoms. The molecule has 0 unspecified atom stereocenters. The summed E-state index contributed by atoms with van der Waals surface area (Å²) in [7, 11) is 3.41. The van der Waals surface area contributed by atoms with E-state index < -0.39 is 11.6 Å². The van der Waals surface area contributed by atoms with Gasteiger partial charge >= 0.3 is 5.69 Å². The number of nitrogens with two attached hydrogens (primary N) is 1. The average Bonchev–Trinajstić information content (AvgIpc) is 3.81. The Morgan fingerprint density at radius 3 is 2.59 bits per heavy atom.